The predicted octanol–water partition coefficient (Wildman–Crippen LogP) is 13.7. The number of nitrogens with zero attached hydrogens (tertiary/aromatic N) is 8. The fourth-order valence-electron chi connectivity index (χ4n) is 10.8. The Balaban J connectivity index is 0.00000636. The average Bonchev–Trinajstić information content (AvgIpc) is 2.28. The van der Waals surface area contributed by atoms with E-state index in [2.05, 4.69) is 0 Å². The third-order valence-corrected chi connectivity index (χ3v) is 14.9. The Hall–Kier alpha value is -12.3. The van der Waals surface area contributed by atoms with Crippen molar-refractivity contribution in [1.29, 1.82) is 0 Å². The van der Waals surface area contributed by atoms with Crippen molar-refractivity contribution < 1.29 is 53.7 Å². The van der Waals surface area contributed by atoms with Crippen LogP contribution in [0.5, 0.6) is 46.0 Å². The molecule has 2 aliphatic heterocycles. The van der Waals surface area contributed by atoms with Crippen LogP contribution >= 0.6 is 0 Å². The molecule has 17 rings (SSSR count). The van der Waals surface area contributed by atoms with Crippen molar-refractivity contribution in [3.05, 3.63) is 236 Å². The van der Waals surface area contributed by atoms with Gasteiger partial charge in [-0.1, -0.05) is 0 Å². The number of rotatable bonds is 8. The molecule has 20 nitrogen and oxygen atoms in total. The van der Waals surface area contributed by atoms with E-state index >= 15 is 0 Å². The van der Waals surface area contributed by atoms with Crippen LogP contribution in [0.3, 0.4) is 0 Å². The summed E-state index contributed by atoms with van der Waals surface area (Å²) < 4.78 is 47.6. The van der Waals surface area contributed by atoms with Crippen LogP contribution in [0, 0.1) is 0 Å². The van der Waals surface area contributed by atoms with E-state index in [0.29, 0.717) is 112 Å². The number of hydrogen-bond acceptors (Lipinski definition) is 18. The molecular formula is C68H32MnN8O12. The number of hydrogen-bond donors (Lipinski definition) is 0. The second-order valence-electron chi connectivity index (χ2n) is 20.5. The van der Waals surface area contributed by atoms with E-state index in [-0.39, 0.29) is 63.0 Å². The van der Waals surface area contributed by atoms with Gasteiger partial charge in [0.2, 0.25) is 0 Å². The molecule has 1 radical (unpaired) electrons. The first-order chi connectivity index (χ1) is 43.0. The van der Waals surface area contributed by atoms with E-state index in [1.165, 1.54) is 24.3 Å². The Morgan fingerprint density at radius 2 is 0.517 bits per heavy atom. The molecule has 0 atom stereocenters. The minimum absolute atomic E-state index is 0. The minimum Gasteiger partial charge on any atom is -0.457 e. The molecule has 89 heavy (non-hydrogen) atoms. The van der Waals surface area contributed by atoms with E-state index in [4.69, 9.17) is 76.5 Å². The Morgan fingerprint density at radius 3 is 0.854 bits per heavy atom. The standard InChI is InChI=1S/C68H32N8O12.Mn/c77-57-21-5-33-1-9-41(29-53(33)85-57)81-37-13-17-45-49(25-37)65-71-61(45)69-62-47-19-15-39(83-43-11-3-35-7-23-59(79)87-55(35)31-43)27-51(47)67(73-62)76-68-52-28-40(84-44-12-4-36-8-24-60(80)88-56(36)32-44)16-20-48(52)64(74-68)70-63-46-18-14-38(26-50(46)66(72-63)75-65)82-42-10-2-34-6-22-58(78)86-54(34)30-42;/h1-32H;/q-2;+2. The molecule has 7 aromatic heterocycles. The van der Waals surface area contributed by atoms with Crippen LogP contribution < -0.4 is 51.4 Å². The van der Waals surface area contributed by atoms with Crippen LogP contribution in [0.1, 0.15) is 0 Å². The van der Waals surface area contributed by atoms with Crippen molar-refractivity contribution in [3.8, 4) is 91.5 Å². The smallest absolute Gasteiger partial charge is 0.457 e. The molecule has 2 aliphatic rings. The first-order valence-corrected chi connectivity index (χ1v) is 27.2. The van der Waals surface area contributed by atoms with Gasteiger partial charge in [-0.25, -0.2) is 29.1 Å². The van der Waals surface area contributed by atoms with Crippen molar-refractivity contribution in [2.45, 2.75) is 0 Å². The summed E-state index contributed by atoms with van der Waals surface area (Å²) >= 11 is 0. The summed E-state index contributed by atoms with van der Waals surface area (Å²) in [5.41, 5.74) is 2.63. The molecule has 0 N–H and O–H groups in total. The second-order valence-corrected chi connectivity index (χ2v) is 20.5. The van der Waals surface area contributed by atoms with Gasteiger partial charge in [-0.2, -0.15) is 0 Å². The maximum absolute atomic E-state index is 12.2. The van der Waals surface area contributed by atoms with Crippen LogP contribution in [0.15, 0.2) is 231 Å². The van der Waals surface area contributed by atoms with Crippen molar-refractivity contribution in [2.24, 2.45) is 0 Å². The number of fused-ring (bicyclic) bond motifs is 24. The number of aromatic nitrogens is 8. The molecule has 0 saturated carbocycles. The van der Waals surface area contributed by atoms with E-state index < -0.39 is 22.5 Å². The zero-order valence-electron chi connectivity index (χ0n) is 45.3. The van der Waals surface area contributed by atoms with E-state index in [1.807, 2.05) is 24.3 Å². The zero-order chi connectivity index (χ0) is 58.7. The summed E-state index contributed by atoms with van der Waals surface area (Å²) in [6, 6.07) is 54.5. The van der Waals surface area contributed by atoms with E-state index in [0.717, 1.165) is 21.5 Å². The molecule has 21 heteroatoms. The molecule has 0 fully saturated rings. The van der Waals surface area contributed by atoms with Gasteiger partial charge in [-0.05, 0) is 167 Å². The Labute approximate surface area is 506 Å². The van der Waals surface area contributed by atoms with Crippen LogP contribution in [0.25, 0.3) is 134 Å². The SMILES string of the molecule is O=c1ccc2ccc(Oc3ccc4c(c3)-c3nc-4nc4[n-]c(nc5nc(nc6[n-]c(n3)c3cc(Oc7ccc8ccc(=O)oc8c7)ccc63)-c3ccc(Oc6ccc7ccc(=O)oc7c6)cc3-5)c3cc(Oc5ccc6ccc(=O)oc6c5)ccc43)cc2o1.[Mn+2]. The minimum atomic E-state index is -0.494. The quantitative estimate of drug-likeness (QED) is 0.101. The first kappa shape index (κ1) is 52.3. The van der Waals surface area contributed by atoms with Crippen LogP contribution in [-0.4, -0.2) is 29.9 Å². The van der Waals surface area contributed by atoms with Gasteiger partial charge in [-0.3, -0.25) is 0 Å². The molecule has 0 saturated heterocycles. The topological polar surface area (TPSA) is 263 Å². The Morgan fingerprint density at radius 1 is 0.258 bits per heavy atom. The summed E-state index contributed by atoms with van der Waals surface area (Å²) in [7, 11) is 0. The average molecular weight is 1210 g/mol. The molecular weight excluding hydrogens is 1180 g/mol. The van der Waals surface area contributed by atoms with Crippen LogP contribution in [0.4, 0.5) is 0 Å². The molecule has 0 unspecified atom stereocenters. The number of benzene rings is 8. The van der Waals surface area contributed by atoms with Gasteiger partial charge in [0.15, 0.2) is 0 Å². The third kappa shape index (κ3) is 9.53. The maximum atomic E-state index is 12.2. The normalized spacial score (nSPS) is 11.7. The molecule has 423 valence electrons. The Bertz CT molecular complexity index is 5630. The second kappa shape index (κ2) is 20.4. The van der Waals surface area contributed by atoms with Crippen molar-refractivity contribution in [2.75, 3.05) is 0 Å². The molecule has 8 aromatic carbocycles. The molecule has 0 aliphatic carbocycles. The summed E-state index contributed by atoms with van der Waals surface area (Å²) in [4.78, 5) is 89.9. The van der Waals surface area contributed by atoms with Crippen molar-refractivity contribution in [3.63, 3.8) is 0 Å². The van der Waals surface area contributed by atoms with Gasteiger partial charge in [-0.15, -0.1) is 0 Å². The zero-order valence-corrected chi connectivity index (χ0v) is 46.5. The van der Waals surface area contributed by atoms with Crippen LogP contribution in [-0.2, 0) is 17.1 Å². The summed E-state index contributed by atoms with van der Waals surface area (Å²) in [6.07, 6.45) is 0. The molecule has 8 bridgehead atoms. The molecule has 9 heterocycles. The monoisotopic (exact) mass is 1210 g/mol. The van der Waals surface area contributed by atoms with Crippen LogP contribution in [0.2, 0.25) is 0 Å². The first-order valence-electron chi connectivity index (χ1n) is 27.2. The maximum Gasteiger partial charge on any atom is 2.00 e. The van der Waals surface area contributed by atoms with E-state index in [9.17, 15) is 19.2 Å². The molecule has 15 aromatic rings. The van der Waals surface area contributed by atoms with Gasteiger partial charge < -0.3 is 66.5 Å². The van der Waals surface area contributed by atoms with Gasteiger partial charge in [0.1, 0.15) is 68.3 Å². The van der Waals surface area contributed by atoms with Gasteiger partial charge in [0.25, 0.3) is 0 Å². The van der Waals surface area contributed by atoms with Gasteiger partial charge in [0.05, 0.1) is 23.3 Å². The fraction of sp³-hybridized carbons (Fsp3) is 0. The molecule has 0 amide bonds. The summed E-state index contributed by atoms with van der Waals surface area (Å²) in [5, 5.41) is 5.12. The van der Waals surface area contributed by atoms with E-state index in [1.54, 1.807) is 146 Å². The van der Waals surface area contributed by atoms with Gasteiger partial charge in [0, 0.05) is 115 Å². The molecule has 0 spiro atoms. The predicted molar refractivity (Wildman–Crippen MR) is 324 cm³/mol. The Kier molecular flexibility index (Phi) is 12.0. The fourth-order valence-corrected chi connectivity index (χ4v) is 10.8. The van der Waals surface area contributed by atoms with Crippen molar-refractivity contribution in [1.82, 2.24) is 39.9 Å². The largest absolute Gasteiger partial charge is 2.00 e. The van der Waals surface area contributed by atoms with Crippen molar-refractivity contribution >= 4 is 88.0 Å². The third-order valence-electron chi connectivity index (χ3n) is 14.9. The summed E-state index contributed by atoms with van der Waals surface area (Å²) in [5.74, 6) is 4.23. The number of ether oxygens (including phenoxy) is 4. The summed E-state index contributed by atoms with van der Waals surface area (Å²) in [6.45, 7) is 0. The van der Waals surface area contributed by atoms with Gasteiger partial charge >= 0.3 is 39.6 Å².